The van der Waals surface area contributed by atoms with Crippen molar-refractivity contribution in [1.29, 1.82) is 0 Å². The zero-order valence-electron chi connectivity index (χ0n) is 9.64. The van der Waals surface area contributed by atoms with Gasteiger partial charge in [0.25, 0.3) is 0 Å². The predicted octanol–water partition coefficient (Wildman–Crippen LogP) is 2.00. The molecule has 0 aliphatic carbocycles. The van der Waals surface area contributed by atoms with Crippen LogP contribution in [0, 0.1) is 0 Å². The summed E-state index contributed by atoms with van der Waals surface area (Å²) in [6.07, 6.45) is 0.859. The van der Waals surface area contributed by atoms with Crippen molar-refractivity contribution >= 4 is 11.7 Å². The number of carbonyl (C=O) groups is 1. The number of carboxylic acids is 1. The van der Waals surface area contributed by atoms with Gasteiger partial charge in [-0.05, 0) is 30.7 Å². The highest BCUT2D eigenvalue weighted by molar-refractivity contribution is 5.66. The van der Waals surface area contributed by atoms with Gasteiger partial charge in [0.15, 0.2) is 0 Å². The molecule has 88 valence electrons. The zero-order valence-corrected chi connectivity index (χ0v) is 9.64. The molecule has 0 saturated carbocycles. The van der Waals surface area contributed by atoms with Crippen molar-refractivity contribution in [2.24, 2.45) is 0 Å². The largest absolute Gasteiger partial charge is 0.497 e. The molecule has 0 spiro atoms. The quantitative estimate of drug-likeness (QED) is 0.801. The summed E-state index contributed by atoms with van der Waals surface area (Å²) >= 11 is 0. The topological polar surface area (TPSA) is 49.8 Å². The summed E-state index contributed by atoms with van der Waals surface area (Å²) in [5.41, 5.74) is 1.06. The Hall–Kier alpha value is -1.71. The molecule has 0 saturated heterocycles. The first-order valence-corrected chi connectivity index (χ1v) is 5.20. The summed E-state index contributed by atoms with van der Waals surface area (Å²) in [6.45, 7) is 0.735. The van der Waals surface area contributed by atoms with E-state index in [2.05, 4.69) is 0 Å². The Morgan fingerprint density at radius 2 is 2.00 bits per heavy atom. The molecule has 0 amide bonds. The van der Waals surface area contributed by atoms with Crippen LogP contribution in [0.2, 0.25) is 0 Å². The molecule has 1 N–H and O–H groups in total. The second kappa shape index (κ2) is 6.00. The monoisotopic (exact) mass is 223 g/mol. The van der Waals surface area contributed by atoms with Crippen LogP contribution < -0.4 is 9.64 Å². The van der Waals surface area contributed by atoms with Crippen LogP contribution in [0.15, 0.2) is 24.3 Å². The lowest BCUT2D eigenvalue weighted by atomic mass is 10.2. The van der Waals surface area contributed by atoms with Gasteiger partial charge < -0.3 is 14.7 Å². The van der Waals surface area contributed by atoms with E-state index in [1.807, 2.05) is 36.2 Å². The van der Waals surface area contributed by atoms with E-state index in [0.717, 1.165) is 18.0 Å². The maximum absolute atomic E-state index is 10.4. The van der Waals surface area contributed by atoms with Crippen LogP contribution in [0.1, 0.15) is 12.8 Å². The number of benzene rings is 1. The highest BCUT2D eigenvalue weighted by Gasteiger charge is 2.02. The Morgan fingerprint density at radius 3 is 2.50 bits per heavy atom. The van der Waals surface area contributed by atoms with Gasteiger partial charge >= 0.3 is 5.97 Å². The Balaban J connectivity index is 2.45. The van der Waals surface area contributed by atoms with Crippen LogP contribution >= 0.6 is 0 Å². The van der Waals surface area contributed by atoms with Crippen LogP contribution in [0.3, 0.4) is 0 Å². The molecule has 0 bridgehead atoms. The van der Waals surface area contributed by atoms with E-state index < -0.39 is 5.97 Å². The molecule has 1 aromatic carbocycles. The fourth-order valence-corrected chi connectivity index (χ4v) is 1.43. The first-order chi connectivity index (χ1) is 7.63. The fraction of sp³-hybridized carbons (Fsp3) is 0.417. The molecular formula is C12H17NO3. The zero-order chi connectivity index (χ0) is 12.0. The first-order valence-electron chi connectivity index (χ1n) is 5.20. The minimum atomic E-state index is -0.747. The number of methoxy groups -OCH3 is 1. The molecule has 0 aromatic heterocycles. The Labute approximate surface area is 95.5 Å². The highest BCUT2D eigenvalue weighted by atomic mass is 16.5. The fourth-order valence-electron chi connectivity index (χ4n) is 1.43. The third-order valence-electron chi connectivity index (χ3n) is 2.40. The van der Waals surface area contributed by atoms with Gasteiger partial charge in [-0.1, -0.05) is 0 Å². The average Bonchev–Trinajstić information content (AvgIpc) is 2.28. The number of rotatable bonds is 6. The van der Waals surface area contributed by atoms with E-state index in [4.69, 9.17) is 9.84 Å². The van der Waals surface area contributed by atoms with Crippen molar-refractivity contribution < 1.29 is 14.6 Å². The number of nitrogens with zero attached hydrogens (tertiary/aromatic N) is 1. The third kappa shape index (κ3) is 3.81. The average molecular weight is 223 g/mol. The normalized spacial score (nSPS) is 9.88. The Kier molecular flexibility index (Phi) is 4.64. The molecule has 0 radical (unpaired) electrons. The molecule has 0 aliphatic heterocycles. The second-order valence-electron chi connectivity index (χ2n) is 3.62. The van der Waals surface area contributed by atoms with Crippen molar-refractivity contribution in [2.75, 3.05) is 25.6 Å². The van der Waals surface area contributed by atoms with Crippen LogP contribution in [-0.2, 0) is 4.79 Å². The molecular weight excluding hydrogens is 206 g/mol. The van der Waals surface area contributed by atoms with E-state index in [1.54, 1.807) is 7.11 Å². The maximum Gasteiger partial charge on any atom is 0.303 e. The predicted molar refractivity (Wildman–Crippen MR) is 63.1 cm³/mol. The van der Waals surface area contributed by atoms with Crippen molar-refractivity contribution in [3.8, 4) is 5.75 Å². The number of hydrogen-bond acceptors (Lipinski definition) is 3. The lowest BCUT2D eigenvalue weighted by Gasteiger charge is -2.18. The van der Waals surface area contributed by atoms with Crippen molar-refractivity contribution in [3.63, 3.8) is 0 Å². The number of ether oxygens (including phenoxy) is 1. The van der Waals surface area contributed by atoms with Gasteiger partial charge in [0.05, 0.1) is 7.11 Å². The standard InChI is InChI=1S/C12H17NO3/c1-13(9-3-4-12(14)15)10-5-7-11(16-2)8-6-10/h5-8H,3-4,9H2,1-2H3,(H,14,15). The Bertz CT molecular complexity index is 335. The first kappa shape index (κ1) is 12.4. The summed E-state index contributed by atoms with van der Waals surface area (Å²) in [5.74, 6) is 0.0748. The highest BCUT2D eigenvalue weighted by Crippen LogP contribution is 2.18. The smallest absolute Gasteiger partial charge is 0.303 e. The van der Waals surface area contributed by atoms with Crippen molar-refractivity contribution in [3.05, 3.63) is 24.3 Å². The minimum absolute atomic E-state index is 0.209. The second-order valence-corrected chi connectivity index (χ2v) is 3.62. The summed E-state index contributed by atoms with van der Waals surface area (Å²) in [4.78, 5) is 12.4. The van der Waals surface area contributed by atoms with Gasteiger partial charge in [-0.2, -0.15) is 0 Å². The molecule has 4 nitrogen and oxygen atoms in total. The third-order valence-corrected chi connectivity index (χ3v) is 2.40. The molecule has 0 unspecified atom stereocenters. The number of carboxylic acid groups (broad SMARTS) is 1. The van der Waals surface area contributed by atoms with Gasteiger partial charge in [0.1, 0.15) is 5.75 Å². The summed E-state index contributed by atoms with van der Waals surface area (Å²) < 4.78 is 5.07. The SMILES string of the molecule is COc1ccc(N(C)CCCC(=O)O)cc1. The van der Waals surface area contributed by atoms with Crippen LogP contribution in [0.4, 0.5) is 5.69 Å². The van der Waals surface area contributed by atoms with E-state index >= 15 is 0 Å². The summed E-state index contributed by atoms with van der Waals surface area (Å²) in [6, 6.07) is 7.70. The van der Waals surface area contributed by atoms with Gasteiger partial charge in [0, 0.05) is 25.7 Å². The van der Waals surface area contributed by atoms with Gasteiger partial charge in [-0.25, -0.2) is 0 Å². The van der Waals surface area contributed by atoms with E-state index in [0.29, 0.717) is 6.42 Å². The number of hydrogen-bond donors (Lipinski definition) is 1. The molecule has 0 atom stereocenters. The van der Waals surface area contributed by atoms with E-state index in [9.17, 15) is 4.79 Å². The molecule has 0 fully saturated rings. The van der Waals surface area contributed by atoms with Crippen LogP contribution in [0.5, 0.6) is 5.75 Å². The van der Waals surface area contributed by atoms with Gasteiger partial charge in [-0.15, -0.1) is 0 Å². The molecule has 0 aliphatic rings. The molecule has 16 heavy (non-hydrogen) atoms. The lowest BCUT2D eigenvalue weighted by Crippen LogP contribution is -2.19. The summed E-state index contributed by atoms with van der Waals surface area (Å²) in [5, 5.41) is 8.53. The molecule has 4 heteroatoms. The molecule has 1 aromatic rings. The van der Waals surface area contributed by atoms with Crippen molar-refractivity contribution in [2.45, 2.75) is 12.8 Å². The van der Waals surface area contributed by atoms with Gasteiger partial charge in [-0.3, -0.25) is 4.79 Å². The van der Waals surface area contributed by atoms with Crippen LogP contribution in [0.25, 0.3) is 0 Å². The van der Waals surface area contributed by atoms with E-state index in [-0.39, 0.29) is 6.42 Å². The number of anilines is 1. The number of aliphatic carboxylic acids is 1. The van der Waals surface area contributed by atoms with Crippen molar-refractivity contribution in [1.82, 2.24) is 0 Å². The lowest BCUT2D eigenvalue weighted by molar-refractivity contribution is -0.137. The molecule has 1 rings (SSSR count). The minimum Gasteiger partial charge on any atom is -0.497 e. The maximum atomic E-state index is 10.4. The van der Waals surface area contributed by atoms with Crippen LogP contribution in [-0.4, -0.2) is 31.8 Å². The summed E-state index contributed by atoms with van der Waals surface area (Å²) in [7, 11) is 3.58. The molecule has 0 heterocycles. The van der Waals surface area contributed by atoms with E-state index in [1.165, 1.54) is 0 Å². The Morgan fingerprint density at radius 1 is 1.38 bits per heavy atom. The van der Waals surface area contributed by atoms with Gasteiger partial charge in [0.2, 0.25) is 0 Å².